The molecule has 130 valence electrons. The summed E-state index contributed by atoms with van der Waals surface area (Å²) in [5.41, 5.74) is 4.71. The second-order valence-electron chi connectivity index (χ2n) is 7.36. The summed E-state index contributed by atoms with van der Waals surface area (Å²) < 4.78 is 1.89. The van der Waals surface area contributed by atoms with Crippen LogP contribution >= 0.6 is 0 Å². The van der Waals surface area contributed by atoms with Crippen molar-refractivity contribution in [3.05, 3.63) is 46.8 Å². The maximum Gasteiger partial charge on any atom is 0.255 e. The normalized spacial score (nSPS) is 11.3. The molecule has 2 aromatic rings. The van der Waals surface area contributed by atoms with Crippen LogP contribution in [0.4, 0.5) is 0 Å². The van der Waals surface area contributed by atoms with Crippen LogP contribution in [0.15, 0.2) is 24.3 Å². The first-order valence-electron chi connectivity index (χ1n) is 8.73. The number of nitrogens with one attached hydrogen (secondary N) is 1. The Morgan fingerprint density at radius 1 is 1.08 bits per heavy atom. The van der Waals surface area contributed by atoms with E-state index < -0.39 is 0 Å². The van der Waals surface area contributed by atoms with Crippen LogP contribution in [0, 0.1) is 25.7 Å². The van der Waals surface area contributed by atoms with Gasteiger partial charge in [-0.15, -0.1) is 0 Å². The van der Waals surface area contributed by atoms with Gasteiger partial charge in [-0.25, -0.2) is 4.68 Å². The van der Waals surface area contributed by atoms with Crippen LogP contribution in [-0.4, -0.2) is 22.2 Å². The number of rotatable bonds is 6. The third kappa shape index (κ3) is 4.25. The molecule has 1 heterocycles. The summed E-state index contributed by atoms with van der Waals surface area (Å²) in [6, 6.07) is 8.22. The molecule has 0 saturated heterocycles. The number of aromatic nitrogens is 2. The second kappa shape index (κ2) is 7.65. The Labute approximate surface area is 145 Å². The van der Waals surface area contributed by atoms with E-state index in [9.17, 15) is 4.79 Å². The van der Waals surface area contributed by atoms with Crippen LogP contribution in [0.5, 0.6) is 0 Å². The zero-order valence-corrected chi connectivity index (χ0v) is 15.7. The van der Waals surface area contributed by atoms with E-state index in [-0.39, 0.29) is 5.91 Å². The molecule has 1 N–H and O–H groups in total. The minimum Gasteiger partial charge on any atom is -0.352 e. The van der Waals surface area contributed by atoms with Crippen molar-refractivity contribution in [2.45, 2.75) is 48.0 Å². The smallest absolute Gasteiger partial charge is 0.255 e. The summed E-state index contributed by atoms with van der Waals surface area (Å²) in [6.07, 6.45) is 0.796. The summed E-state index contributed by atoms with van der Waals surface area (Å²) in [5, 5.41) is 7.79. The van der Waals surface area contributed by atoms with Crippen molar-refractivity contribution < 1.29 is 4.79 Å². The zero-order chi connectivity index (χ0) is 17.9. The van der Waals surface area contributed by atoms with Gasteiger partial charge in [0.2, 0.25) is 0 Å². The molecule has 0 fully saturated rings. The molecule has 2 rings (SSSR count). The van der Waals surface area contributed by atoms with Gasteiger partial charge in [0.1, 0.15) is 0 Å². The Morgan fingerprint density at radius 2 is 1.71 bits per heavy atom. The summed E-state index contributed by atoms with van der Waals surface area (Å²) in [7, 11) is 0. The minimum absolute atomic E-state index is 0.0183. The summed E-state index contributed by atoms with van der Waals surface area (Å²) in [4.78, 5) is 12.7. The molecule has 0 radical (unpaired) electrons. The maximum atomic E-state index is 12.7. The molecular weight excluding hydrogens is 298 g/mol. The van der Waals surface area contributed by atoms with Gasteiger partial charge in [-0.05, 0) is 44.2 Å². The van der Waals surface area contributed by atoms with Crippen molar-refractivity contribution >= 4 is 5.91 Å². The number of hydrogen-bond donors (Lipinski definition) is 1. The molecule has 0 spiro atoms. The standard InChI is InChI=1S/C20H29N3O/c1-13(2)11-18-19(20(24)21-12-14(3)4)16(6)23(22-18)17-9-7-15(5)8-10-17/h7-10,13-14H,11-12H2,1-6H3,(H,21,24). The molecule has 4 nitrogen and oxygen atoms in total. The summed E-state index contributed by atoms with van der Waals surface area (Å²) >= 11 is 0. The van der Waals surface area contributed by atoms with Gasteiger partial charge in [-0.1, -0.05) is 45.4 Å². The molecule has 0 bridgehead atoms. The quantitative estimate of drug-likeness (QED) is 0.869. The van der Waals surface area contributed by atoms with Gasteiger partial charge >= 0.3 is 0 Å². The molecule has 0 aliphatic rings. The van der Waals surface area contributed by atoms with E-state index in [1.165, 1.54) is 5.56 Å². The van der Waals surface area contributed by atoms with E-state index >= 15 is 0 Å². The molecule has 1 amide bonds. The fourth-order valence-corrected chi connectivity index (χ4v) is 2.71. The predicted octanol–water partition coefficient (Wildman–Crippen LogP) is 4.07. The molecule has 0 saturated carbocycles. The van der Waals surface area contributed by atoms with Crippen LogP contribution < -0.4 is 5.32 Å². The number of carbonyl (C=O) groups excluding carboxylic acids is 1. The number of hydrogen-bond acceptors (Lipinski definition) is 2. The highest BCUT2D eigenvalue weighted by Gasteiger charge is 2.22. The number of aryl methyl sites for hydroxylation is 1. The van der Waals surface area contributed by atoms with Crippen molar-refractivity contribution in [1.29, 1.82) is 0 Å². The van der Waals surface area contributed by atoms with Crippen LogP contribution in [0.1, 0.15) is 55.0 Å². The van der Waals surface area contributed by atoms with Crippen molar-refractivity contribution in [3.63, 3.8) is 0 Å². The molecule has 0 aliphatic heterocycles. The number of amides is 1. The topological polar surface area (TPSA) is 46.9 Å². The lowest BCUT2D eigenvalue weighted by Gasteiger charge is -2.09. The largest absolute Gasteiger partial charge is 0.352 e. The molecule has 1 aromatic carbocycles. The molecule has 1 aromatic heterocycles. The minimum atomic E-state index is -0.0183. The zero-order valence-electron chi connectivity index (χ0n) is 15.7. The lowest BCUT2D eigenvalue weighted by molar-refractivity contribution is 0.0947. The highest BCUT2D eigenvalue weighted by atomic mass is 16.1. The number of benzene rings is 1. The molecule has 0 atom stereocenters. The summed E-state index contributed by atoms with van der Waals surface area (Å²) in [6.45, 7) is 13.2. The van der Waals surface area contributed by atoms with Gasteiger partial charge < -0.3 is 5.32 Å². The van der Waals surface area contributed by atoms with Crippen LogP contribution in [0.25, 0.3) is 5.69 Å². The van der Waals surface area contributed by atoms with Gasteiger partial charge in [-0.2, -0.15) is 5.10 Å². The van der Waals surface area contributed by atoms with E-state index in [0.717, 1.165) is 29.1 Å². The second-order valence-corrected chi connectivity index (χ2v) is 7.36. The van der Waals surface area contributed by atoms with Crippen LogP contribution in [0.2, 0.25) is 0 Å². The lowest BCUT2D eigenvalue weighted by Crippen LogP contribution is -2.28. The van der Waals surface area contributed by atoms with Crippen molar-refractivity contribution in [2.75, 3.05) is 6.54 Å². The first-order valence-corrected chi connectivity index (χ1v) is 8.73. The fraction of sp³-hybridized carbons (Fsp3) is 0.500. The summed E-state index contributed by atoms with van der Waals surface area (Å²) in [5.74, 6) is 0.854. The Bertz CT molecular complexity index is 696. The Balaban J connectivity index is 2.43. The van der Waals surface area contributed by atoms with E-state index in [0.29, 0.717) is 18.4 Å². The molecule has 0 unspecified atom stereocenters. The molecular formula is C20H29N3O. The lowest BCUT2D eigenvalue weighted by atomic mass is 10.0. The SMILES string of the molecule is Cc1ccc(-n2nc(CC(C)C)c(C(=O)NCC(C)C)c2C)cc1. The average molecular weight is 327 g/mol. The molecule has 0 aliphatic carbocycles. The van der Waals surface area contributed by atoms with Crippen LogP contribution in [0.3, 0.4) is 0 Å². The molecule has 24 heavy (non-hydrogen) atoms. The first-order chi connectivity index (χ1) is 11.3. The van der Waals surface area contributed by atoms with Crippen molar-refractivity contribution in [3.8, 4) is 5.69 Å². The Kier molecular flexibility index (Phi) is 5.81. The van der Waals surface area contributed by atoms with E-state index in [2.05, 4.69) is 52.1 Å². The maximum absolute atomic E-state index is 12.7. The van der Waals surface area contributed by atoms with Gasteiger partial charge in [0, 0.05) is 6.54 Å². The third-order valence-electron chi connectivity index (χ3n) is 3.97. The fourth-order valence-electron chi connectivity index (χ4n) is 2.71. The Morgan fingerprint density at radius 3 is 2.25 bits per heavy atom. The monoisotopic (exact) mass is 327 g/mol. The molecule has 4 heteroatoms. The van der Waals surface area contributed by atoms with Gasteiger partial charge in [-0.3, -0.25) is 4.79 Å². The first kappa shape index (κ1) is 18.2. The Hall–Kier alpha value is -2.10. The third-order valence-corrected chi connectivity index (χ3v) is 3.97. The van der Waals surface area contributed by atoms with Gasteiger partial charge in [0.25, 0.3) is 5.91 Å². The predicted molar refractivity (Wildman–Crippen MR) is 98.8 cm³/mol. The number of carbonyl (C=O) groups is 1. The van der Waals surface area contributed by atoms with Gasteiger partial charge in [0.15, 0.2) is 0 Å². The van der Waals surface area contributed by atoms with Crippen molar-refractivity contribution in [1.82, 2.24) is 15.1 Å². The van der Waals surface area contributed by atoms with Crippen LogP contribution in [-0.2, 0) is 6.42 Å². The highest BCUT2D eigenvalue weighted by Crippen LogP contribution is 2.21. The van der Waals surface area contributed by atoms with E-state index in [4.69, 9.17) is 5.10 Å². The van der Waals surface area contributed by atoms with E-state index in [1.807, 2.05) is 23.7 Å². The number of nitrogens with zero attached hydrogens (tertiary/aromatic N) is 2. The van der Waals surface area contributed by atoms with Crippen molar-refractivity contribution in [2.24, 2.45) is 11.8 Å². The van der Waals surface area contributed by atoms with E-state index in [1.54, 1.807) is 0 Å². The average Bonchev–Trinajstić information content (AvgIpc) is 2.81. The highest BCUT2D eigenvalue weighted by molar-refractivity contribution is 5.96. The van der Waals surface area contributed by atoms with Gasteiger partial charge in [0.05, 0.1) is 22.6 Å².